The van der Waals surface area contributed by atoms with E-state index in [0.29, 0.717) is 6.61 Å². The standard InChI is InChI=1S/C13H20N4O/c1-3-4-8-18-9-7-15-13-12-11(5-6-14-13)17(2)10-16-12/h5-6,10H,3-4,7-9H2,1-2H3,(H,14,15). The van der Waals surface area contributed by atoms with Gasteiger partial charge in [-0.05, 0) is 12.5 Å². The Morgan fingerprint density at radius 2 is 2.22 bits per heavy atom. The number of pyridine rings is 1. The summed E-state index contributed by atoms with van der Waals surface area (Å²) in [7, 11) is 1.98. The number of nitrogens with zero attached hydrogens (tertiary/aromatic N) is 3. The van der Waals surface area contributed by atoms with E-state index in [9.17, 15) is 0 Å². The summed E-state index contributed by atoms with van der Waals surface area (Å²) in [5.41, 5.74) is 1.99. The van der Waals surface area contributed by atoms with E-state index in [-0.39, 0.29) is 0 Å². The molecule has 0 saturated heterocycles. The Bertz CT molecular complexity index is 495. The van der Waals surface area contributed by atoms with Crippen LogP contribution in [0.15, 0.2) is 18.6 Å². The number of aryl methyl sites for hydroxylation is 1. The van der Waals surface area contributed by atoms with Gasteiger partial charge in [-0.25, -0.2) is 9.97 Å². The van der Waals surface area contributed by atoms with Gasteiger partial charge in [-0.15, -0.1) is 0 Å². The fourth-order valence-corrected chi connectivity index (χ4v) is 1.78. The number of aromatic nitrogens is 3. The zero-order valence-corrected chi connectivity index (χ0v) is 11.0. The van der Waals surface area contributed by atoms with Crippen molar-refractivity contribution in [2.45, 2.75) is 19.8 Å². The average Bonchev–Trinajstić information content (AvgIpc) is 2.77. The minimum atomic E-state index is 0.699. The van der Waals surface area contributed by atoms with Crippen molar-refractivity contribution in [3.05, 3.63) is 18.6 Å². The molecule has 98 valence electrons. The van der Waals surface area contributed by atoms with Gasteiger partial charge in [0, 0.05) is 26.4 Å². The van der Waals surface area contributed by atoms with E-state index < -0.39 is 0 Å². The minimum absolute atomic E-state index is 0.699. The summed E-state index contributed by atoms with van der Waals surface area (Å²) in [6.07, 6.45) is 5.88. The summed E-state index contributed by atoms with van der Waals surface area (Å²) in [6, 6.07) is 1.96. The van der Waals surface area contributed by atoms with Crippen LogP contribution >= 0.6 is 0 Å². The fourth-order valence-electron chi connectivity index (χ4n) is 1.78. The largest absolute Gasteiger partial charge is 0.380 e. The number of fused-ring (bicyclic) bond motifs is 1. The van der Waals surface area contributed by atoms with E-state index in [4.69, 9.17) is 4.74 Å². The van der Waals surface area contributed by atoms with Crippen molar-refractivity contribution in [1.82, 2.24) is 14.5 Å². The SMILES string of the molecule is CCCCOCCNc1nccc2c1ncn2C. The topological polar surface area (TPSA) is 52.0 Å². The minimum Gasteiger partial charge on any atom is -0.380 e. The molecule has 0 aliphatic heterocycles. The second-order valence-electron chi connectivity index (χ2n) is 4.28. The molecule has 2 aromatic heterocycles. The third kappa shape index (κ3) is 2.98. The van der Waals surface area contributed by atoms with Crippen LogP contribution in [0.5, 0.6) is 0 Å². The Kier molecular flexibility index (Phi) is 4.52. The van der Waals surface area contributed by atoms with Gasteiger partial charge in [0.25, 0.3) is 0 Å². The first kappa shape index (κ1) is 12.8. The van der Waals surface area contributed by atoms with Crippen molar-refractivity contribution in [2.75, 3.05) is 25.1 Å². The lowest BCUT2D eigenvalue weighted by molar-refractivity contribution is 0.141. The second-order valence-corrected chi connectivity index (χ2v) is 4.28. The van der Waals surface area contributed by atoms with E-state index in [1.54, 1.807) is 12.5 Å². The average molecular weight is 248 g/mol. The lowest BCUT2D eigenvalue weighted by Crippen LogP contribution is -2.11. The van der Waals surface area contributed by atoms with Gasteiger partial charge in [-0.3, -0.25) is 0 Å². The van der Waals surface area contributed by atoms with E-state index in [2.05, 4.69) is 22.2 Å². The van der Waals surface area contributed by atoms with Crippen LogP contribution in [0, 0.1) is 0 Å². The smallest absolute Gasteiger partial charge is 0.154 e. The van der Waals surface area contributed by atoms with Crippen LogP contribution in [-0.2, 0) is 11.8 Å². The maximum atomic E-state index is 5.50. The van der Waals surface area contributed by atoms with Crippen molar-refractivity contribution >= 4 is 16.9 Å². The van der Waals surface area contributed by atoms with Crippen molar-refractivity contribution in [3.8, 4) is 0 Å². The Balaban J connectivity index is 1.88. The molecule has 0 atom stereocenters. The zero-order chi connectivity index (χ0) is 12.8. The number of unbranched alkanes of at least 4 members (excludes halogenated alkanes) is 1. The molecule has 5 heteroatoms. The number of ether oxygens (including phenoxy) is 1. The van der Waals surface area contributed by atoms with Gasteiger partial charge in [0.15, 0.2) is 5.82 Å². The molecule has 1 N–H and O–H groups in total. The highest BCUT2D eigenvalue weighted by Gasteiger charge is 2.05. The van der Waals surface area contributed by atoms with Crippen molar-refractivity contribution in [2.24, 2.45) is 7.05 Å². The molecule has 0 bridgehead atoms. The van der Waals surface area contributed by atoms with Gasteiger partial charge < -0.3 is 14.6 Å². The molecule has 0 spiro atoms. The normalized spacial score (nSPS) is 11.0. The number of hydrogen-bond acceptors (Lipinski definition) is 4. The first-order valence-corrected chi connectivity index (χ1v) is 6.40. The summed E-state index contributed by atoms with van der Waals surface area (Å²) in [4.78, 5) is 8.66. The third-order valence-electron chi connectivity index (χ3n) is 2.82. The maximum absolute atomic E-state index is 5.50. The third-order valence-corrected chi connectivity index (χ3v) is 2.82. The molecule has 0 fully saturated rings. The van der Waals surface area contributed by atoms with Gasteiger partial charge in [0.05, 0.1) is 18.5 Å². The summed E-state index contributed by atoms with van der Waals surface area (Å²) in [6.45, 7) is 4.45. The van der Waals surface area contributed by atoms with Gasteiger partial charge in [-0.2, -0.15) is 0 Å². The van der Waals surface area contributed by atoms with Crippen molar-refractivity contribution < 1.29 is 4.74 Å². The number of anilines is 1. The highest BCUT2D eigenvalue weighted by Crippen LogP contribution is 2.17. The predicted molar refractivity (Wildman–Crippen MR) is 72.7 cm³/mol. The van der Waals surface area contributed by atoms with Crippen molar-refractivity contribution in [1.29, 1.82) is 0 Å². The van der Waals surface area contributed by atoms with Gasteiger partial charge in [0.2, 0.25) is 0 Å². The summed E-state index contributed by atoms with van der Waals surface area (Å²) in [5, 5.41) is 3.27. The van der Waals surface area contributed by atoms with Gasteiger partial charge in [0.1, 0.15) is 5.52 Å². The second kappa shape index (κ2) is 6.35. The first-order valence-electron chi connectivity index (χ1n) is 6.40. The van der Waals surface area contributed by atoms with Crippen LogP contribution in [0.2, 0.25) is 0 Å². The van der Waals surface area contributed by atoms with Crippen LogP contribution in [0.3, 0.4) is 0 Å². The molecular weight excluding hydrogens is 228 g/mol. The molecule has 0 amide bonds. The van der Waals surface area contributed by atoms with Crippen LogP contribution in [0.4, 0.5) is 5.82 Å². The van der Waals surface area contributed by atoms with E-state index in [1.165, 1.54) is 6.42 Å². The maximum Gasteiger partial charge on any atom is 0.154 e. The van der Waals surface area contributed by atoms with E-state index in [1.807, 2.05) is 17.7 Å². The van der Waals surface area contributed by atoms with Gasteiger partial charge in [-0.1, -0.05) is 13.3 Å². The Labute approximate surface area is 107 Å². The first-order chi connectivity index (χ1) is 8.83. The fraction of sp³-hybridized carbons (Fsp3) is 0.538. The van der Waals surface area contributed by atoms with Crippen LogP contribution in [-0.4, -0.2) is 34.3 Å². The molecule has 0 radical (unpaired) electrons. The predicted octanol–water partition coefficient (Wildman–Crippen LogP) is 2.20. The van der Waals surface area contributed by atoms with Crippen molar-refractivity contribution in [3.63, 3.8) is 0 Å². The molecule has 0 unspecified atom stereocenters. The quantitative estimate of drug-likeness (QED) is 0.763. The summed E-state index contributed by atoms with van der Waals surface area (Å²) in [5.74, 6) is 0.826. The molecule has 5 nitrogen and oxygen atoms in total. The zero-order valence-electron chi connectivity index (χ0n) is 11.0. The monoisotopic (exact) mass is 248 g/mol. The number of nitrogens with one attached hydrogen (secondary N) is 1. The van der Waals surface area contributed by atoms with E-state index in [0.717, 1.165) is 36.4 Å². The molecule has 0 saturated carbocycles. The van der Waals surface area contributed by atoms with Crippen LogP contribution in [0.25, 0.3) is 11.0 Å². The highest BCUT2D eigenvalue weighted by atomic mass is 16.5. The summed E-state index contributed by atoms with van der Waals surface area (Å²) < 4.78 is 7.48. The number of rotatable bonds is 7. The highest BCUT2D eigenvalue weighted by molar-refractivity contribution is 5.85. The molecular formula is C13H20N4O. The van der Waals surface area contributed by atoms with Crippen LogP contribution in [0.1, 0.15) is 19.8 Å². The molecule has 0 aliphatic rings. The molecule has 0 aromatic carbocycles. The molecule has 0 aliphatic carbocycles. The Morgan fingerprint density at radius 1 is 1.33 bits per heavy atom. The lowest BCUT2D eigenvalue weighted by atomic mass is 10.3. The number of imidazole rings is 1. The molecule has 18 heavy (non-hydrogen) atoms. The number of hydrogen-bond donors (Lipinski definition) is 1. The molecule has 2 aromatic rings. The Morgan fingerprint density at radius 3 is 3.06 bits per heavy atom. The molecule has 2 rings (SSSR count). The van der Waals surface area contributed by atoms with E-state index >= 15 is 0 Å². The lowest BCUT2D eigenvalue weighted by Gasteiger charge is -2.07. The van der Waals surface area contributed by atoms with Gasteiger partial charge >= 0.3 is 0 Å². The summed E-state index contributed by atoms with van der Waals surface area (Å²) >= 11 is 0. The molecule has 2 heterocycles. The Hall–Kier alpha value is -1.62. The van der Waals surface area contributed by atoms with Crippen LogP contribution < -0.4 is 5.32 Å².